The van der Waals surface area contributed by atoms with Gasteiger partial charge in [0.2, 0.25) is 0 Å². The number of alkyl halides is 3. The normalized spacial score (nSPS) is 11.2. The Kier molecular flexibility index (Phi) is 5.92. The van der Waals surface area contributed by atoms with E-state index in [2.05, 4.69) is 5.32 Å². The Morgan fingerprint density at radius 1 is 1.15 bits per heavy atom. The van der Waals surface area contributed by atoms with Crippen LogP contribution in [0.4, 0.5) is 24.5 Å². The molecule has 0 spiro atoms. The molecule has 0 fully saturated rings. The lowest BCUT2D eigenvalue weighted by Crippen LogP contribution is -2.39. The number of hydrogen-bond acceptors (Lipinski definition) is 2. The van der Waals surface area contributed by atoms with Gasteiger partial charge in [0.1, 0.15) is 0 Å². The van der Waals surface area contributed by atoms with Gasteiger partial charge in [-0.2, -0.15) is 13.2 Å². The molecule has 2 rings (SSSR count). The first-order valence-corrected chi connectivity index (χ1v) is 8.07. The number of carbonyl (C=O) groups excluding carboxylic acids is 2. The van der Waals surface area contributed by atoms with Crippen molar-refractivity contribution in [1.29, 1.82) is 0 Å². The zero-order valence-electron chi connectivity index (χ0n) is 14.0. The van der Waals surface area contributed by atoms with Crippen molar-refractivity contribution in [2.24, 2.45) is 0 Å². The van der Waals surface area contributed by atoms with E-state index in [0.717, 1.165) is 11.6 Å². The van der Waals surface area contributed by atoms with E-state index in [9.17, 15) is 22.8 Å². The van der Waals surface area contributed by atoms with Crippen LogP contribution in [-0.4, -0.2) is 18.4 Å². The summed E-state index contributed by atoms with van der Waals surface area (Å²) in [5, 5.41) is 1.70. The molecule has 0 aliphatic carbocycles. The highest BCUT2D eigenvalue weighted by Crippen LogP contribution is 2.36. The van der Waals surface area contributed by atoms with Crippen molar-refractivity contribution in [2.75, 3.05) is 16.8 Å². The lowest BCUT2D eigenvalue weighted by atomic mass is 10.2. The van der Waals surface area contributed by atoms with Gasteiger partial charge in [-0.15, -0.1) is 0 Å². The minimum atomic E-state index is -4.67. The van der Waals surface area contributed by atoms with Gasteiger partial charge in [-0.1, -0.05) is 23.7 Å². The molecule has 2 aromatic rings. The van der Waals surface area contributed by atoms with E-state index in [1.54, 1.807) is 25.1 Å². The van der Waals surface area contributed by atoms with E-state index in [1.807, 2.05) is 13.0 Å². The summed E-state index contributed by atoms with van der Waals surface area (Å²) in [6.45, 7) is 3.76. The van der Waals surface area contributed by atoms with Crippen LogP contribution in [0.5, 0.6) is 0 Å². The number of benzene rings is 2. The fourth-order valence-electron chi connectivity index (χ4n) is 2.37. The minimum Gasteiger partial charge on any atom is -0.318 e. The average molecular weight is 385 g/mol. The third-order valence-corrected chi connectivity index (χ3v) is 3.93. The third-order valence-electron chi connectivity index (χ3n) is 3.60. The quantitative estimate of drug-likeness (QED) is 0.782. The van der Waals surface area contributed by atoms with Crippen molar-refractivity contribution >= 4 is 34.8 Å². The molecule has 26 heavy (non-hydrogen) atoms. The van der Waals surface area contributed by atoms with Crippen LogP contribution in [0.15, 0.2) is 42.5 Å². The summed E-state index contributed by atoms with van der Waals surface area (Å²) in [6, 6.07) is 9.90. The number of amides is 2. The molecule has 4 nitrogen and oxygen atoms in total. The highest BCUT2D eigenvalue weighted by molar-refractivity contribution is 6.44. The smallest absolute Gasteiger partial charge is 0.318 e. The molecule has 0 radical (unpaired) electrons. The SMILES string of the molecule is CCN(C(=O)C(=O)Nc1ccc(Cl)c(C(F)(F)F)c1)c1cccc(C)c1. The van der Waals surface area contributed by atoms with Gasteiger partial charge < -0.3 is 10.2 Å². The maximum atomic E-state index is 12.9. The molecule has 138 valence electrons. The lowest BCUT2D eigenvalue weighted by molar-refractivity contribution is -0.137. The Morgan fingerprint density at radius 2 is 1.85 bits per heavy atom. The second-order valence-corrected chi connectivity index (χ2v) is 5.94. The zero-order valence-corrected chi connectivity index (χ0v) is 14.8. The summed E-state index contributed by atoms with van der Waals surface area (Å²) in [4.78, 5) is 25.8. The average Bonchev–Trinajstić information content (AvgIpc) is 2.56. The van der Waals surface area contributed by atoms with Crippen molar-refractivity contribution in [3.05, 3.63) is 58.6 Å². The maximum absolute atomic E-state index is 12.9. The molecular weight excluding hydrogens is 369 g/mol. The summed E-state index contributed by atoms with van der Waals surface area (Å²) in [6.07, 6.45) is -4.67. The first-order valence-electron chi connectivity index (χ1n) is 7.69. The number of nitrogens with zero attached hydrogens (tertiary/aromatic N) is 1. The van der Waals surface area contributed by atoms with Crippen LogP contribution in [0.3, 0.4) is 0 Å². The molecule has 1 N–H and O–H groups in total. The van der Waals surface area contributed by atoms with E-state index in [1.165, 1.54) is 11.0 Å². The molecule has 0 aliphatic rings. The Balaban J connectivity index is 2.22. The van der Waals surface area contributed by atoms with Crippen molar-refractivity contribution in [1.82, 2.24) is 0 Å². The van der Waals surface area contributed by atoms with Gasteiger partial charge in [-0.3, -0.25) is 9.59 Å². The zero-order chi connectivity index (χ0) is 19.5. The molecule has 0 bridgehead atoms. The van der Waals surface area contributed by atoms with Crippen molar-refractivity contribution < 1.29 is 22.8 Å². The number of hydrogen-bond donors (Lipinski definition) is 1. The van der Waals surface area contributed by atoms with Crippen LogP contribution in [-0.2, 0) is 15.8 Å². The van der Waals surface area contributed by atoms with Crippen LogP contribution in [0.1, 0.15) is 18.1 Å². The molecule has 0 heterocycles. The summed E-state index contributed by atoms with van der Waals surface area (Å²) in [5.41, 5.74) is 0.178. The summed E-state index contributed by atoms with van der Waals surface area (Å²) in [5.74, 6) is -1.91. The van der Waals surface area contributed by atoms with E-state index < -0.39 is 28.6 Å². The first kappa shape index (κ1) is 19.8. The van der Waals surface area contributed by atoms with Gasteiger partial charge in [-0.05, 0) is 49.7 Å². The number of anilines is 2. The van der Waals surface area contributed by atoms with Crippen molar-refractivity contribution in [3.63, 3.8) is 0 Å². The molecule has 0 saturated heterocycles. The number of likely N-dealkylation sites (N-methyl/N-ethyl adjacent to an activating group) is 1. The minimum absolute atomic E-state index is 0.166. The molecule has 0 unspecified atom stereocenters. The van der Waals surface area contributed by atoms with E-state index in [-0.39, 0.29) is 12.2 Å². The number of carbonyl (C=O) groups is 2. The number of rotatable bonds is 3. The Morgan fingerprint density at radius 3 is 2.42 bits per heavy atom. The highest BCUT2D eigenvalue weighted by Gasteiger charge is 2.33. The van der Waals surface area contributed by atoms with Crippen LogP contribution in [0.25, 0.3) is 0 Å². The molecule has 0 saturated carbocycles. The van der Waals surface area contributed by atoms with E-state index >= 15 is 0 Å². The largest absolute Gasteiger partial charge is 0.417 e. The Hall–Kier alpha value is -2.54. The van der Waals surface area contributed by atoms with Gasteiger partial charge in [0.15, 0.2) is 0 Å². The predicted octanol–water partition coefficient (Wildman–Crippen LogP) is 4.66. The highest BCUT2D eigenvalue weighted by atomic mass is 35.5. The summed E-state index contributed by atoms with van der Waals surface area (Å²) in [7, 11) is 0. The van der Waals surface area contributed by atoms with Gasteiger partial charge in [0.05, 0.1) is 10.6 Å². The monoisotopic (exact) mass is 384 g/mol. The van der Waals surface area contributed by atoms with E-state index in [4.69, 9.17) is 11.6 Å². The summed E-state index contributed by atoms with van der Waals surface area (Å²) < 4.78 is 38.7. The van der Waals surface area contributed by atoms with Crippen LogP contribution < -0.4 is 10.2 Å². The number of nitrogens with one attached hydrogen (secondary N) is 1. The summed E-state index contributed by atoms with van der Waals surface area (Å²) >= 11 is 5.54. The molecule has 0 aromatic heterocycles. The van der Waals surface area contributed by atoms with Crippen LogP contribution in [0.2, 0.25) is 5.02 Å². The Labute approximate surface area is 153 Å². The Bertz CT molecular complexity index is 837. The second kappa shape index (κ2) is 7.78. The number of halogens is 4. The van der Waals surface area contributed by atoms with Gasteiger partial charge >= 0.3 is 18.0 Å². The molecule has 0 atom stereocenters. The molecular formula is C18H16ClF3N2O2. The predicted molar refractivity (Wildman–Crippen MR) is 94.3 cm³/mol. The fraction of sp³-hybridized carbons (Fsp3) is 0.222. The molecule has 0 aliphatic heterocycles. The molecule has 2 amide bonds. The second-order valence-electron chi connectivity index (χ2n) is 5.53. The standard InChI is InChI=1S/C18H16ClF3N2O2/c1-3-24(13-6-4-5-11(2)9-13)17(26)16(25)23-12-7-8-15(19)14(10-12)18(20,21)22/h4-10H,3H2,1-2H3,(H,23,25). The fourth-order valence-corrected chi connectivity index (χ4v) is 2.59. The van der Waals surface area contributed by atoms with Gasteiger partial charge in [0.25, 0.3) is 0 Å². The van der Waals surface area contributed by atoms with Gasteiger partial charge in [0, 0.05) is 17.9 Å². The van der Waals surface area contributed by atoms with E-state index in [0.29, 0.717) is 11.8 Å². The number of aryl methyl sites for hydroxylation is 1. The molecule has 8 heteroatoms. The van der Waals surface area contributed by atoms with Crippen molar-refractivity contribution in [2.45, 2.75) is 20.0 Å². The van der Waals surface area contributed by atoms with Crippen molar-refractivity contribution in [3.8, 4) is 0 Å². The van der Waals surface area contributed by atoms with Crippen LogP contribution >= 0.6 is 11.6 Å². The first-order chi connectivity index (χ1) is 12.1. The third kappa shape index (κ3) is 4.54. The molecule has 2 aromatic carbocycles. The van der Waals surface area contributed by atoms with Crippen LogP contribution in [0, 0.1) is 6.92 Å². The topological polar surface area (TPSA) is 49.4 Å². The maximum Gasteiger partial charge on any atom is 0.417 e. The van der Waals surface area contributed by atoms with Gasteiger partial charge in [-0.25, -0.2) is 0 Å². The lowest BCUT2D eigenvalue weighted by Gasteiger charge is -2.21.